The van der Waals surface area contributed by atoms with Crippen LogP contribution >= 0.6 is 11.8 Å². The van der Waals surface area contributed by atoms with Gasteiger partial charge in [0.05, 0.1) is 12.4 Å². The lowest BCUT2D eigenvalue weighted by molar-refractivity contribution is -0.134. The van der Waals surface area contributed by atoms with Crippen LogP contribution in [0.5, 0.6) is 0 Å². The molecule has 100 valence electrons. The van der Waals surface area contributed by atoms with Gasteiger partial charge in [0.25, 0.3) is 0 Å². The number of ether oxygens (including phenoxy) is 1. The fraction of sp³-hybridized carbons (Fsp3) is 0.333. The molecule has 1 aliphatic heterocycles. The molecule has 0 saturated carbocycles. The molecule has 1 heterocycles. The molecule has 19 heavy (non-hydrogen) atoms. The summed E-state index contributed by atoms with van der Waals surface area (Å²) >= 11 is 1.65. The van der Waals surface area contributed by atoms with E-state index in [-0.39, 0.29) is 17.0 Å². The van der Waals surface area contributed by atoms with E-state index in [4.69, 9.17) is 0 Å². The van der Waals surface area contributed by atoms with Gasteiger partial charge in [-0.05, 0) is 24.5 Å². The monoisotopic (exact) mass is 276 g/mol. The first-order chi connectivity index (χ1) is 9.20. The number of fused-ring (bicyclic) bond motifs is 1. The molecule has 0 fully saturated rings. The normalized spacial score (nSPS) is 17.4. The molecule has 3 nitrogen and oxygen atoms in total. The number of esters is 1. The highest BCUT2D eigenvalue weighted by Gasteiger charge is 2.26. The van der Waals surface area contributed by atoms with Crippen molar-refractivity contribution in [2.45, 2.75) is 29.4 Å². The Bertz CT molecular complexity index is 483. The lowest BCUT2D eigenvalue weighted by Gasteiger charge is -2.05. The number of ketones is 1. The van der Waals surface area contributed by atoms with Crippen molar-refractivity contribution < 1.29 is 14.3 Å². The number of hydrogen-bond acceptors (Lipinski definition) is 4. The molecule has 1 atom stereocenters. The number of carbonyl (C=O) groups excluding carboxylic acids is 2. The van der Waals surface area contributed by atoms with E-state index in [1.54, 1.807) is 17.8 Å². The second-order valence-electron chi connectivity index (χ2n) is 4.35. The van der Waals surface area contributed by atoms with Gasteiger partial charge in [-0.25, -0.2) is 4.79 Å². The Morgan fingerprint density at radius 1 is 1.42 bits per heavy atom. The third kappa shape index (κ3) is 3.70. The van der Waals surface area contributed by atoms with Crippen LogP contribution in [0, 0.1) is 0 Å². The summed E-state index contributed by atoms with van der Waals surface area (Å²) in [5.41, 5.74) is 1.26. The molecule has 0 aromatic heterocycles. The minimum absolute atomic E-state index is 0.0314. The minimum Gasteiger partial charge on any atom is -0.466 e. The molecule has 2 rings (SSSR count). The number of Topliss-reactive ketones (excluding diaryl/α,β-unsaturated/α-hetero) is 1. The zero-order valence-electron chi connectivity index (χ0n) is 10.8. The van der Waals surface area contributed by atoms with Crippen LogP contribution in [0.4, 0.5) is 0 Å². The maximum absolute atomic E-state index is 12.1. The van der Waals surface area contributed by atoms with Crippen LogP contribution in [0.25, 0.3) is 0 Å². The van der Waals surface area contributed by atoms with E-state index in [1.165, 1.54) is 23.6 Å². The first-order valence-electron chi connectivity index (χ1n) is 6.22. The number of benzene rings is 1. The predicted molar refractivity (Wildman–Crippen MR) is 75.2 cm³/mol. The van der Waals surface area contributed by atoms with Crippen molar-refractivity contribution in [1.82, 2.24) is 0 Å². The van der Waals surface area contributed by atoms with E-state index in [2.05, 4.69) is 16.9 Å². The average Bonchev–Trinajstić information content (AvgIpc) is 2.87. The molecule has 4 heteroatoms. The second-order valence-corrected chi connectivity index (χ2v) is 5.59. The number of rotatable bonds is 5. The quantitative estimate of drug-likeness (QED) is 0.612. The third-order valence-corrected chi connectivity index (χ3v) is 4.39. The Hall–Kier alpha value is -1.55. The standard InChI is InChI=1S/C15H16O3S/c1-18-15(17)9-5-3-7-12(16)14-10-11-6-2-4-8-13(11)19-14/h2,4-6,8-9,14H,3,7,10H2,1H3/b9-5+. The Morgan fingerprint density at radius 3 is 2.95 bits per heavy atom. The Labute approximate surface area is 117 Å². The van der Waals surface area contributed by atoms with Gasteiger partial charge in [-0.1, -0.05) is 24.3 Å². The van der Waals surface area contributed by atoms with Gasteiger partial charge in [0.2, 0.25) is 0 Å². The van der Waals surface area contributed by atoms with Crippen molar-refractivity contribution in [2.24, 2.45) is 0 Å². The molecule has 1 aromatic rings. The van der Waals surface area contributed by atoms with Gasteiger partial charge in [-0.2, -0.15) is 0 Å². The lowest BCUT2D eigenvalue weighted by Crippen LogP contribution is -2.15. The fourth-order valence-corrected chi connectivity index (χ4v) is 3.27. The third-order valence-electron chi connectivity index (χ3n) is 3.02. The maximum Gasteiger partial charge on any atom is 0.330 e. The smallest absolute Gasteiger partial charge is 0.330 e. The van der Waals surface area contributed by atoms with Crippen LogP contribution in [0.1, 0.15) is 18.4 Å². The number of carbonyl (C=O) groups is 2. The number of thioether (sulfide) groups is 1. The largest absolute Gasteiger partial charge is 0.466 e. The van der Waals surface area contributed by atoms with E-state index in [0.29, 0.717) is 12.8 Å². The summed E-state index contributed by atoms with van der Waals surface area (Å²) in [6.45, 7) is 0. The highest BCUT2D eigenvalue weighted by Crippen LogP contribution is 2.37. The summed E-state index contributed by atoms with van der Waals surface area (Å²) in [6, 6.07) is 8.14. The molecule has 0 amide bonds. The Kier molecular flexibility index (Phi) is 4.80. The van der Waals surface area contributed by atoms with Crippen molar-refractivity contribution in [3.63, 3.8) is 0 Å². The van der Waals surface area contributed by atoms with Gasteiger partial charge < -0.3 is 4.74 Å². The van der Waals surface area contributed by atoms with Crippen LogP contribution < -0.4 is 0 Å². The first-order valence-corrected chi connectivity index (χ1v) is 7.10. The summed E-state index contributed by atoms with van der Waals surface area (Å²) in [7, 11) is 1.34. The highest BCUT2D eigenvalue weighted by atomic mass is 32.2. The van der Waals surface area contributed by atoms with Crippen molar-refractivity contribution in [1.29, 1.82) is 0 Å². The summed E-state index contributed by atoms with van der Waals surface area (Å²) in [5, 5.41) is 0.0314. The van der Waals surface area contributed by atoms with Gasteiger partial charge in [-0.15, -0.1) is 11.8 Å². The molecule has 0 radical (unpaired) electrons. The van der Waals surface area contributed by atoms with E-state index in [1.807, 2.05) is 12.1 Å². The van der Waals surface area contributed by atoms with E-state index in [9.17, 15) is 9.59 Å². The minimum atomic E-state index is -0.380. The van der Waals surface area contributed by atoms with Crippen LogP contribution in [-0.2, 0) is 20.7 Å². The number of allylic oxidation sites excluding steroid dienone is 1. The second kappa shape index (κ2) is 6.57. The SMILES string of the molecule is COC(=O)/C=C/CCC(=O)C1Cc2ccccc2S1. The van der Waals surface area contributed by atoms with Gasteiger partial charge in [-0.3, -0.25) is 4.79 Å². The molecule has 0 bridgehead atoms. The highest BCUT2D eigenvalue weighted by molar-refractivity contribution is 8.01. The molecule has 1 unspecified atom stereocenters. The first kappa shape index (κ1) is 13.9. The van der Waals surface area contributed by atoms with E-state index >= 15 is 0 Å². The predicted octanol–water partition coefficient (Wildman–Crippen LogP) is 2.78. The summed E-state index contributed by atoms with van der Waals surface area (Å²) in [5.74, 6) is -0.134. The molecule has 0 spiro atoms. The summed E-state index contributed by atoms with van der Waals surface area (Å²) in [4.78, 5) is 24.1. The zero-order valence-corrected chi connectivity index (χ0v) is 11.6. The zero-order chi connectivity index (χ0) is 13.7. The average molecular weight is 276 g/mol. The number of hydrogen-bond donors (Lipinski definition) is 0. The fourth-order valence-electron chi connectivity index (χ4n) is 2.00. The lowest BCUT2D eigenvalue weighted by atomic mass is 10.1. The van der Waals surface area contributed by atoms with Gasteiger partial charge in [0, 0.05) is 17.4 Å². The van der Waals surface area contributed by atoms with Gasteiger partial charge in [0.15, 0.2) is 0 Å². The summed E-state index contributed by atoms with van der Waals surface area (Å²) < 4.78 is 4.48. The molecule has 1 aromatic carbocycles. The van der Waals surface area contributed by atoms with Crippen molar-refractivity contribution >= 4 is 23.5 Å². The van der Waals surface area contributed by atoms with Gasteiger partial charge in [0.1, 0.15) is 5.78 Å². The Balaban J connectivity index is 1.80. The van der Waals surface area contributed by atoms with Crippen LogP contribution in [-0.4, -0.2) is 24.1 Å². The molecule has 0 N–H and O–H groups in total. The van der Waals surface area contributed by atoms with E-state index in [0.717, 1.165) is 6.42 Å². The van der Waals surface area contributed by atoms with E-state index < -0.39 is 0 Å². The van der Waals surface area contributed by atoms with Crippen molar-refractivity contribution in [3.05, 3.63) is 42.0 Å². The maximum atomic E-state index is 12.1. The molecule has 1 aliphatic rings. The summed E-state index contributed by atoms with van der Waals surface area (Å²) in [6.07, 6.45) is 4.93. The topological polar surface area (TPSA) is 43.4 Å². The van der Waals surface area contributed by atoms with Crippen molar-refractivity contribution in [2.75, 3.05) is 7.11 Å². The van der Waals surface area contributed by atoms with Crippen LogP contribution in [0.15, 0.2) is 41.3 Å². The van der Waals surface area contributed by atoms with Crippen LogP contribution in [0.3, 0.4) is 0 Å². The van der Waals surface area contributed by atoms with Gasteiger partial charge >= 0.3 is 5.97 Å². The Morgan fingerprint density at radius 2 is 2.21 bits per heavy atom. The number of methoxy groups -OCH3 is 1. The molecule has 0 aliphatic carbocycles. The molecular weight excluding hydrogens is 260 g/mol. The van der Waals surface area contributed by atoms with Crippen LogP contribution in [0.2, 0.25) is 0 Å². The molecular formula is C15H16O3S. The van der Waals surface area contributed by atoms with Crippen molar-refractivity contribution in [3.8, 4) is 0 Å². The molecule has 0 saturated heterocycles.